The van der Waals surface area contributed by atoms with E-state index in [1.54, 1.807) is 7.11 Å². The average Bonchev–Trinajstić information content (AvgIpc) is 1.98. The molecular formula is C7H18OS2. The Hall–Kier alpha value is 0.660. The zero-order valence-electron chi connectivity index (χ0n) is 6.84. The SMILES string of the molecule is CC[SH](CCS)CCOC. The van der Waals surface area contributed by atoms with E-state index in [4.69, 9.17) is 4.74 Å². The fraction of sp³-hybridized carbons (Fsp3) is 1.00. The quantitative estimate of drug-likeness (QED) is 0.593. The van der Waals surface area contributed by atoms with E-state index >= 15 is 0 Å². The van der Waals surface area contributed by atoms with Gasteiger partial charge in [-0.3, -0.25) is 10.9 Å². The van der Waals surface area contributed by atoms with Gasteiger partial charge in [-0.1, -0.05) is 6.92 Å². The lowest BCUT2D eigenvalue weighted by Gasteiger charge is -2.17. The summed E-state index contributed by atoms with van der Waals surface area (Å²) >= 11 is 4.21. The smallest absolute Gasteiger partial charge is 0.0536 e. The molecule has 0 bridgehead atoms. The van der Waals surface area contributed by atoms with Crippen LogP contribution < -0.4 is 0 Å². The molecule has 0 radical (unpaired) electrons. The molecule has 0 aromatic rings. The van der Waals surface area contributed by atoms with Crippen molar-refractivity contribution in [2.75, 3.05) is 36.7 Å². The average molecular weight is 182 g/mol. The second-order valence-electron chi connectivity index (χ2n) is 2.15. The maximum atomic E-state index is 5.01. The Kier molecular flexibility index (Phi) is 8.28. The normalized spacial score (nSPS) is 15.3. The van der Waals surface area contributed by atoms with Gasteiger partial charge in [0.2, 0.25) is 0 Å². The number of rotatable bonds is 6. The molecule has 0 spiro atoms. The van der Waals surface area contributed by atoms with Gasteiger partial charge in [0.15, 0.2) is 0 Å². The predicted molar refractivity (Wildman–Crippen MR) is 55.0 cm³/mol. The molecule has 0 aliphatic rings. The Labute approximate surface area is 72.3 Å². The number of hydrogen-bond acceptors (Lipinski definition) is 2. The van der Waals surface area contributed by atoms with Crippen LogP contribution in [-0.4, -0.2) is 36.7 Å². The zero-order valence-corrected chi connectivity index (χ0v) is 8.63. The fourth-order valence-corrected chi connectivity index (χ4v) is 3.22. The van der Waals surface area contributed by atoms with Crippen molar-refractivity contribution in [1.29, 1.82) is 0 Å². The van der Waals surface area contributed by atoms with E-state index in [-0.39, 0.29) is 10.9 Å². The van der Waals surface area contributed by atoms with Gasteiger partial charge in [-0.25, -0.2) is 0 Å². The summed E-state index contributed by atoms with van der Waals surface area (Å²) in [5.41, 5.74) is 0. The van der Waals surface area contributed by atoms with E-state index in [1.807, 2.05) is 0 Å². The molecule has 0 aromatic heterocycles. The number of thiol groups is 2. The molecule has 0 fully saturated rings. The van der Waals surface area contributed by atoms with Gasteiger partial charge in [-0.05, 0) is 23.0 Å². The molecule has 0 aliphatic heterocycles. The first-order chi connectivity index (χ1) is 4.85. The second-order valence-corrected chi connectivity index (χ2v) is 5.47. The van der Waals surface area contributed by atoms with Gasteiger partial charge >= 0.3 is 0 Å². The molecule has 1 atom stereocenters. The minimum Gasteiger partial charge on any atom is -0.384 e. The standard InChI is InChI=1S/C7H18OS2/c1-3-10(7-5-9)6-4-8-2/h9-10H,3-7H2,1-2H3. The molecule has 0 rings (SSSR count). The Morgan fingerprint density at radius 1 is 1.40 bits per heavy atom. The molecule has 0 N–H and O–H groups in total. The summed E-state index contributed by atoms with van der Waals surface area (Å²) in [6.07, 6.45) is 0. The third-order valence-electron chi connectivity index (χ3n) is 1.48. The number of hydrogen-bond donors (Lipinski definition) is 2. The van der Waals surface area contributed by atoms with E-state index in [0.717, 1.165) is 12.4 Å². The molecule has 0 amide bonds. The van der Waals surface area contributed by atoms with Crippen LogP contribution >= 0.6 is 23.5 Å². The first-order valence-corrected chi connectivity index (χ1v) is 6.20. The summed E-state index contributed by atoms with van der Waals surface area (Å²) < 4.78 is 5.01. The van der Waals surface area contributed by atoms with E-state index in [1.165, 1.54) is 17.3 Å². The summed E-state index contributed by atoms with van der Waals surface area (Å²) in [5, 5.41) is 0. The van der Waals surface area contributed by atoms with Crippen molar-refractivity contribution in [2.45, 2.75) is 6.92 Å². The maximum absolute atomic E-state index is 5.01. The minimum atomic E-state index is 0.234. The number of methoxy groups -OCH3 is 1. The molecule has 0 saturated carbocycles. The van der Waals surface area contributed by atoms with E-state index in [0.29, 0.717) is 0 Å². The zero-order chi connectivity index (χ0) is 7.82. The molecule has 0 aliphatic carbocycles. The second kappa shape index (κ2) is 7.76. The van der Waals surface area contributed by atoms with Crippen LogP contribution in [0.2, 0.25) is 0 Å². The molecular weight excluding hydrogens is 164 g/mol. The minimum absolute atomic E-state index is 0.234. The fourth-order valence-electron chi connectivity index (χ4n) is 0.790. The van der Waals surface area contributed by atoms with Gasteiger partial charge in [0.05, 0.1) is 6.61 Å². The van der Waals surface area contributed by atoms with Crippen LogP contribution in [0.15, 0.2) is 0 Å². The van der Waals surface area contributed by atoms with Crippen molar-refractivity contribution < 1.29 is 4.74 Å². The highest BCUT2D eigenvalue weighted by Gasteiger charge is 1.98. The maximum Gasteiger partial charge on any atom is 0.0536 e. The monoisotopic (exact) mass is 182 g/mol. The molecule has 0 aromatic carbocycles. The Morgan fingerprint density at radius 2 is 2.10 bits per heavy atom. The van der Waals surface area contributed by atoms with Gasteiger partial charge < -0.3 is 4.74 Å². The predicted octanol–water partition coefficient (Wildman–Crippen LogP) is 1.58. The van der Waals surface area contributed by atoms with Crippen LogP contribution in [0.5, 0.6) is 0 Å². The molecule has 1 nitrogen and oxygen atoms in total. The Balaban J connectivity index is 3.21. The highest BCUT2D eigenvalue weighted by atomic mass is 32.2. The van der Waals surface area contributed by atoms with Crippen molar-refractivity contribution in [2.24, 2.45) is 0 Å². The summed E-state index contributed by atoms with van der Waals surface area (Å²) in [6.45, 7) is 3.18. The van der Waals surface area contributed by atoms with Crippen LogP contribution in [0.3, 0.4) is 0 Å². The van der Waals surface area contributed by atoms with Crippen LogP contribution in [-0.2, 0) is 4.74 Å². The lowest BCUT2D eigenvalue weighted by Crippen LogP contribution is -2.03. The molecule has 3 heteroatoms. The topological polar surface area (TPSA) is 9.23 Å². The van der Waals surface area contributed by atoms with Gasteiger partial charge in [0, 0.05) is 7.11 Å². The number of ether oxygens (including phenoxy) is 1. The van der Waals surface area contributed by atoms with Gasteiger partial charge in [-0.15, -0.1) is 0 Å². The highest BCUT2D eigenvalue weighted by Crippen LogP contribution is 2.23. The third-order valence-corrected chi connectivity index (χ3v) is 4.62. The molecule has 0 saturated heterocycles. The van der Waals surface area contributed by atoms with Crippen LogP contribution in [0, 0.1) is 0 Å². The van der Waals surface area contributed by atoms with Gasteiger partial charge in [0.1, 0.15) is 0 Å². The van der Waals surface area contributed by atoms with Gasteiger partial charge in [0.25, 0.3) is 0 Å². The van der Waals surface area contributed by atoms with Crippen molar-refractivity contribution >= 4 is 23.5 Å². The third kappa shape index (κ3) is 5.45. The van der Waals surface area contributed by atoms with E-state index in [9.17, 15) is 0 Å². The Bertz CT molecular complexity index is 68.6. The first kappa shape index (κ1) is 10.7. The molecule has 0 heterocycles. The Morgan fingerprint density at radius 3 is 2.50 bits per heavy atom. The summed E-state index contributed by atoms with van der Waals surface area (Å²) in [5.74, 6) is 4.89. The lowest BCUT2D eigenvalue weighted by atomic mass is 10.9. The van der Waals surface area contributed by atoms with Crippen LogP contribution in [0.4, 0.5) is 0 Å². The van der Waals surface area contributed by atoms with E-state index in [2.05, 4.69) is 19.6 Å². The first-order valence-electron chi connectivity index (χ1n) is 3.67. The molecule has 64 valence electrons. The highest BCUT2D eigenvalue weighted by molar-refractivity contribution is 8.17. The van der Waals surface area contributed by atoms with Crippen LogP contribution in [0.25, 0.3) is 0 Å². The summed E-state index contributed by atoms with van der Waals surface area (Å²) in [4.78, 5) is 0. The summed E-state index contributed by atoms with van der Waals surface area (Å²) in [6, 6.07) is 0. The summed E-state index contributed by atoms with van der Waals surface area (Å²) in [7, 11) is 2.00. The van der Waals surface area contributed by atoms with Crippen molar-refractivity contribution in [3.8, 4) is 0 Å². The van der Waals surface area contributed by atoms with Crippen molar-refractivity contribution in [3.63, 3.8) is 0 Å². The van der Waals surface area contributed by atoms with Crippen molar-refractivity contribution in [3.05, 3.63) is 0 Å². The lowest BCUT2D eigenvalue weighted by molar-refractivity contribution is 0.218. The van der Waals surface area contributed by atoms with Gasteiger partial charge in [-0.2, -0.15) is 12.6 Å². The van der Waals surface area contributed by atoms with Crippen LogP contribution in [0.1, 0.15) is 6.92 Å². The van der Waals surface area contributed by atoms with Crippen molar-refractivity contribution in [1.82, 2.24) is 0 Å². The molecule has 1 unspecified atom stereocenters. The van der Waals surface area contributed by atoms with E-state index < -0.39 is 0 Å². The largest absolute Gasteiger partial charge is 0.384 e. The molecule has 10 heavy (non-hydrogen) atoms.